The lowest BCUT2D eigenvalue weighted by Gasteiger charge is -2.17. The molecule has 13 heavy (non-hydrogen) atoms. The zero-order valence-electron chi connectivity index (χ0n) is 6.43. The Balaban J connectivity index is 2.53. The van der Waals surface area contributed by atoms with Gasteiger partial charge in [0.1, 0.15) is 0 Å². The summed E-state index contributed by atoms with van der Waals surface area (Å²) in [4.78, 5) is 10.8. The number of anilines is 1. The minimum absolute atomic E-state index is 0.162. The molecule has 2 rings (SSSR count). The smallest absolute Gasteiger partial charge is 0.262 e. The Morgan fingerprint density at radius 2 is 2.15 bits per heavy atom. The number of nitrogens with one attached hydrogen (secondary N) is 1. The normalized spacial score (nSPS) is 14.5. The Morgan fingerprint density at radius 3 is 2.92 bits per heavy atom. The first-order valence-corrected chi connectivity index (χ1v) is 3.59. The fraction of sp³-hybridized carbons (Fsp3) is 0.125. The molecule has 3 nitrogen and oxygen atoms in total. The summed E-state index contributed by atoms with van der Waals surface area (Å²) in [7, 11) is 0. The van der Waals surface area contributed by atoms with Gasteiger partial charge in [0.15, 0.2) is 18.2 Å². The molecule has 1 aliphatic rings. The minimum Gasteiger partial charge on any atom is -0.478 e. The van der Waals surface area contributed by atoms with Gasteiger partial charge in [0.2, 0.25) is 5.82 Å². The van der Waals surface area contributed by atoms with Crippen molar-refractivity contribution in [3.8, 4) is 5.75 Å². The molecule has 1 amide bonds. The fourth-order valence-electron chi connectivity index (χ4n) is 1.10. The van der Waals surface area contributed by atoms with E-state index in [0.717, 1.165) is 6.07 Å². The predicted octanol–water partition coefficient (Wildman–Crippen LogP) is 1.30. The molecule has 1 aromatic carbocycles. The second-order valence-corrected chi connectivity index (χ2v) is 2.57. The fourth-order valence-corrected chi connectivity index (χ4v) is 1.10. The number of halogens is 2. The molecule has 0 aliphatic carbocycles. The molecule has 0 unspecified atom stereocenters. The van der Waals surface area contributed by atoms with Crippen molar-refractivity contribution in [2.45, 2.75) is 0 Å². The van der Waals surface area contributed by atoms with Crippen molar-refractivity contribution >= 4 is 11.6 Å². The van der Waals surface area contributed by atoms with Crippen molar-refractivity contribution in [1.82, 2.24) is 0 Å². The summed E-state index contributed by atoms with van der Waals surface area (Å²) in [5, 5.41) is 2.36. The highest BCUT2D eigenvalue weighted by atomic mass is 19.2. The summed E-state index contributed by atoms with van der Waals surface area (Å²) in [5.74, 6) is -2.68. The Hall–Kier alpha value is -1.65. The van der Waals surface area contributed by atoms with Gasteiger partial charge >= 0.3 is 0 Å². The van der Waals surface area contributed by atoms with E-state index in [0.29, 0.717) is 0 Å². The summed E-state index contributed by atoms with van der Waals surface area (Å²) < 4.78 is 30.3. The molecule has 0 fully saturated rings. The third-order valence-electron chi connectivity index (χ3n) is 1.67. The number of ether oxygens (including phenoxy) is 1. The number of benzene rings is 1. The Morgan fingerprint density at radius 1 is 1.38 bits per heavy atom. The second kappa shape index (κ2) is 2.69. The Bertz CT molecular complexity index is 379. The molecule has 0 bridgehead atoms. The number of fused-ring (bicyclic) bond motifs is 1. The minimum atomic E-state index is -1.07. The van der Waals surface area contributed by atoms with E-state index in [1.54, 1.807) is 0 Å². The molecule has 0 radical (unpaired) electrons. The Labute approximate surface area is 72.3 Å². The summed E-state index contributed by atoms with van der Waals surface area (Å²) in [6.45, 7) is -0.284. The molecule has 68 valence electrons. The number of rotatable bonds is 0. The van der Waals surface area contributed by atoms with Gasteiger partial charge < -0.3 is 10.1 Å². The highest BCUT2D eigenvalue weighted by molar-refractivity contribution is 5.95. The molecule has 0 saturated carbocycles. The van der Waals surface area contributed by atoms with Crippen molar-refractivity contribution in [3.63, 3.8) is 0 Å². The monoisotopic (exact) mass is 185 g/mol. The first kappa shape index (κ1) is 7.97. The lowest BCUT2D eigenvalue weighted by atomic mass is 10.2. The van der Waals surface area contributed by atoms with E-state index in [1.807, 2.05) is 0 Å². The van der Waals surface area contributed by atoms with Gasteiger partial charge in [-0.3, -0.25) is 4.79 Å². The van der Waals surface area contributed by atoms with Gasteiger partial charge in [-0.15, -0.1) is 0 Å². The lowest BCUT2D eigenvalue weighted by molar-refractivity contribution is -0.118. The van der Waals surface area contributed by atoms with Crippen LogP contribution < -0.4 is 10.1 Å². The Kier molecular flexibility index (Phi) is 1.65. The van der Waals surface area contributed by atoms with Gasteiger partial charge in [-0.05, 0) is 12.1 Å². The molecule has 0 atom stereocenters. The van der Waals surface area contributed by atoms with Crippen molar-refractivity contribution in [1.29, 1.82) is 0 Å². The van der Waals surface area contributed by atoms with Crippen LogP contribution in [0.1, 0.15) is 0 Å². The summed E-state index contributed by atoms with van der Waals surface area (Å²) in [6, 6.07) is 2.19. The second-order valence-electron chi connectivity index (χ2n) is 2.57. The van der Waals surface area contributed by atoms with Crippen molar-refractivity contribution in [3.05, 3.63) is 23.8 Å². The highest BCUT2D eigenvalue weighted by Crippen LogP contribution is 2.31. The van der Waals surface area contributed by atoms with Gasteiger partial charge in [-0.25, -0.2) is 4.39 Å². The molecule has 0 saturated heterocycles. The molecule has 1 N–H and O–H groups in total. The number of hydrogen-bond donors (Lipinski definition) is 1. The topological polar surface area (TPSA) is 38.3 Å². The van der Waals surface area contributed by atoms with E-state index in [1.165, 1.54) is 6.07 Å². The zero-order chi connectivity index (χ0) is 9.42. The van der Waals surface area contributed by atoms with Gasteiger partial charge in [-0.2, -0.15) is 4.39 Å². The predicted molar refractivity (Wildman–Crippen MR) is 40.5 cm³/mol. The molecule has 5 heteroatoms. The van der Waals surface area contributed by atoms with Crippen LogP contribution in [0.25, 0.3) is 0 Å². The van der Waals surface area contributed by atoms with Crippen molar-refractivity contribution < 1.29 is 18.3 Å². The molecular formula is C8H5F2NO2. The van der Waals surface area contributed by atoms with Crippen LogP contribution in [0.5, 0.6) is 5.75 Å². The SMILES string of the molecule is O=C1COc2c(ccc(F)c2F)N1. The van der Waals surface area contributed by atoms with Crippen LogP contribution in [0.2, 0.25) is 0 Å². The molecular weight excluding hydrogens is 180 g/mol. The van der Waals surface area contributed by atoms with Crippen molar-refractivity contribution in [2.24, 2.45) is 0 Å². The molecule has 1 aliphatic heterocycles. The van der Waals surface area contributed by atoms with Gasteiger partial charge in [-0.1, -0.05) is 0 Å². The largest absolute Gasteiger partial charge is 0.478 e. The summed E-state index contributed by atoms with van der Waals surface area (Å²) >= 11 is 0. The van der Waals surface area contributed by atoms with Crippen LogP contribution in [-0.2, 0) is 4.79 Å². The van der Waals surface area contributed by atoms with Crippen LogP contribution in [0, 0.1) is 11.6 Å². The lowest BCUT2D eigenvalue weighted by Crippen LogP contribution is -2.26. The summed E-state index contributed by atoms with van der Waals surface area (Å²) in [5.41, 5.74) is 0.162. The molecule has 0 aromatic heterocycles. The number of hydrogen-bond acceptors (Lipinski definition) is 2. The van der Waals surface area contributed by atoms with Crippen molar-refractivity contribution in [2.75, 3.05) is 11.9 Å². The zero-order valence-corrected chi connectivity index (χ0v) is 6.43. The quantitative estimate of drug-likeness (QED) is 0.661. The molecule has 0 spiro atoms. The number of carbonyl (C=O) groups is 1. The van der Waals surface area contributed by atoms with Crippen LogP contribution >= 0.6 is 0 Å². The highest BCUT2D eigenvalue weighted by Gasteiger charge is 2.21. The van der Waals surface area contributed by atoms with Gasteiger partial charge in [0, 0.05) is 0 Å². The average Bonchev–Trinajstić information content (AvgIpc) is 2.12. The van der Waals surface area contributed by atoms with Crippen LogP contribution in [0.15, 0.2) is 12.1 Å². The maximum Gasteiger partial charge on any atom is 0.262 e. The average molecular weight is 185 g/mol. The number of amides is 1. The van der Waals surface area contributed by atoms with Crippen LogP contribution in [-0.4, -0.2) is 12.5 Å². The van der Waals surface area contributed by atoms with E-state index in [4.69, 9.17) is 4.74 Å². The first-order valence-electron chi connectivity index (χ1n) is 3.59. The maximum atomic E-state index is 13.0. The van der Waals surface area contributed by atoms with E-state index in [-0.39, 0.29) is 24.0 Å². The third-order valence-corrected chi connectivity index (χ3v) is 1.67. The van der Waals surface area contributed by atoms with E-state index < -0.39 is 11.6 Å². The molecule has 1 heterocycles. The van der Waals surface area contributed by atoms with Crippen LogP contribution in [0.3, 0.4) is 0 Å². The van der Waals surface area contributed by atoms with E-state index >= 15 is 0 Å². The van der Waals surface area contributed by atoms with Gasteiger partial charge in [0.25, 0.3) is 5.91 Å². The first-order chi connectivity index (χ1) is 6.18. The third kappa shape index (κ3) is 1.22. The molecule has 1 aromatic rings. The number of carbonyl (C=O) groups excluding carboxylic acids is 1. The van der Waals surface area contributed by atoms with E-state index in [2.05, 4.69) is 5.32 Å². The van der Waals surface area contributed by atoms with Gasteiger partial charge in [0.05, 0.1) is 5.69 Å². The van der Waals surface area contributed by atoms with Crippen LogP contribution in [0.4, 0.5) is 14.5 Å². The maximum absolute atomic E-state index is 13.0. The standard InChI is InChI=1S/C8H5F2NO2/c9-4-1-2-5-8(7(4)10)13-3-6(12)11-5/h1-2H,3H2,(H,11,12). The summed E-state index contributed by atoms with van der Waals surface area (Å²) in [6.07, 6.45) is 0. The van der Waals surface area contributed by atoms with E-state index in [9.17, 15) is 13.6 Å².